The summed E-state index contributed by atoms with van der Waals surface area (Å²) >= 11 is -2.01. The van der Waals surface area contributed by atoms with E-state index in [1.807, 2.05) is 0 Å². The second-order valence-corrected chi connectivity index (χ2v) is 11.8. The van der Waals surface area contributed by atoms with Crippen molar-refractivity contribution in [2.24, 2.45) is 5.41 Å². The Morgan fingerprint density at radius 1 is 0.900 bits per heavy atom. The molecule has 0 heterocycles. The van der Waals surface area contributed by atoms with Crippen LogP contribution in [0.4, 0.5) is 0 Å². The van der Waals surface area contributed by atoms with E-state index in [2.05, 4.69) is 101 Å². The predicted molar refractivity (Wildman–Crippen MR) is 133 cm³/mol. The number of hydrogen-bond donors (Lipinski definition) is 0. The Hall–Kier alpha value is -1.12. The van der Waals surface area contributed by atoms with E-state index in [0.29, 0.717) is 0 Å². The Morgan fingerprint density at radius 3 is 2.13 bits per heavy atom. The Bertz CT molecular complexity index is 916. The van der Waals surface area contributed by atoms with Gasteiger partial charge in [0.15, 0.2) is 0 Å². The number of halogens is 2. The molecule has 2 aromatic carbocycles. The van der Waals surface area contributed by atoms with Crippen molar-refractivity contribution < 1.29 is 21.1 Å². The second-order valence-electron chi connectivity index (χ2n) is 8.38. The van der Waals surface area contributed by atoms with Gasteiger partial charge in [-0.25, -0.2) is 0 Å². The zero-order valence-corrected chi connectivity index (χ0v) is 21.9. The van der Waals surface area contributed by atoms with E-state index in [4.69, 9.17) is 3.32 Å². The van der Waals surface area contributed by atoms with Crippen LogP contribution in [0.2, 0.25) is 0 Å². The van der Waals surface area contributed by atoms with Gasteiger partial charge in [0.1, 0.15) is 0 Å². The molecule has 0 saturated heterocycles. The molecule has 1 aliphatic carbocycles. The van der Waals surface area contributed by atoms with E-state index < -0.39 is 17.8 Å². The van der Waals surface area contributed by atoms with Crippen molar-refractivity contribution in [1.82, 2.24) is 0 Å². The van der Waals surface area contributed by atoms with Gasteiger partial charge in [-0.05, 0) is 0 Å². The molecule has 0 saturated carbocycles. The topological polar surface area (TPSA) is 9.23 Å². The minimum absolute atomic E-state index is 0. The Morgan fingerprint density at radius 2 is 1.53 bits per heavy atom. The first kappa shape index (κ1) is 26.9. The molecular formula is C26H34Cl2OTi. The van der Waals surface area contributed by atoms with Crippen LogP contribution in [0.1, 0.15) is 53.9 Å². The number of allylic oxidation sites excluding steroid dienone is 4. The summed E-state index contributed by atoms with van der Waals surface area (Å²) in [5.74, 6) is 1.02. The third kappa shape index (κ3) is 6.44. The molecule has 0 aliphatic heterocycles. The first-order chi connectivity index (χ1) is 13.4. The molecule has 0 atom stereocenters. The predicted octanol–water partition coefficient (Wildman–Crippen LogP) is 8.36. The summed E-state index contributed by atoms with van der Waals surface area (Å²) in [5.41, 5.74) is 4.13. The van der Waals surface area contributed by atoms with Crippen LogP contribution < -0.4 is 3.32 Å². The monoisotopic (exact) mass is 480 g/mol. The molecular weight excluding hydrogens is 447 g/mol. The van der Waals surface area contributed by atoms with Gasteiger partial charge >= 0.3 is 177 Å². The molecule has 4 heteroatoms. The van der Waals surface area contributed by atoms with Gasteiger partial charge in [0.2, 0.25) is 0 Å². The Labute approximate surface area is 201 Å². The van der Waals surface area contributed by atoms with Crippen LogP contribution in [-0.2, 0) is 17.8 Å². The van der Waals surface area contributed by atoms with E-state index in [1.165, 1.54) is 16.7 Å². The maximum absolute atomic E-state index is 6.86. The van der Waals surface area contributed by atoms with E-state index in [9.17, 15) is 0 Å². The fraction of sp³-hybridized carbons (Fsp3) is 0.346. The average Bonchev–Trinajstić information content (AvgIpc) is 3.19. The quantitative estimate of drug-likeness (QED) is 0.377. The van der Waals surface area contributed by atoms with E-state index >= 15 is 0 Å². The number of hydrogen-bond acceptors (Lipinski definition) is 1. The summed E-state index contributed by atoms with van der Waals surface area (Å²) in [5, 5.41) is 0. The number of benzene rings is 2. The normalized spacial score (nSPS) is 12.8. The fourth-order valence-corrected chi connectivity index (χ4v) is 8.05. The van der Waals surface area contributed by atoms with Crippen molar-refractivity contribution in [3.05, 3.63) is 76.2 Å². The molecule has 0 unspecified atom stereocenters. The summed E-state index contributed by atoms with van der Waals surface area (Å²) < 4.78 is 10.1. The standard InChI is InChI=1S/C12H10O.C9H13.C5H10.2ClH.Ti/c13-12-8-4-7-11(9-12)10-5-2-1-3-6-10;1-9(2,3)8-6-4-5-7-8;1-3-5-4-2;;;/h1-9,13H;4,6H,5H2,1-3H3;3-4H2,1-2H3;2*1H;/q;;;;;+1/p-1. The maximum atomic E-state index is 6.86. The van der Waals surface area contributed by atoms with Gasteiger partial charge in [-0.15, -0.1) is 24.8 Å². The average molecular weight is 481 g/mol. The molecule has 0 amide bonds. The Kier molecular flexibility index (Phi) is 10.8. The van der Waals surface area contributed by atoms with E-state index in [1.54, 1.807) is 7.69 Å². The molecule has 1 aliphatic rings. The molecule has 3 rings (SSSR count). The molecule has 0 spiro atoms. The largest absolute Gasteiger partial charge is 0.147 e. The van der Waals surface area contributed by atoms with E-state index in [0.717, 1.165) is 25.0 Å². The van der Waals surface area contributed by atoms with Crippen molar-refractivity contribution in [2.75, 3.05) is 0 Å². The molecule has 0 radical (unpaired) electrons. The van der Waals surface area contributed by atoms with Crippen LogP contribution >= 0.6 is 24.8 Å². The van der Waals surface area contributed by atoms with Crippen LogP contribution in [0.25, 0.3) is 11.1 Å². The van der Waals surface area contributed by atoms with Crippen LogP contribution in [0.15, 0.2) is 76.2 Å². The third-order valence-corrected chi connectivity index (χ3v) is 9.74. The summed E-state index contributed by atoms with van der Waals surface area (Å²) in [4.78, 5) is 0. The molecule has 2 aromatic rings. The summed E-state index contributed by atoms with van der Waals surface area (Å²) in [6, 6.07) is 19.2. The first-order valence-electron chi connectivity index (χ1n) is 10.4. The smallest absolute Gasteiger partial charge is 0.147 e. The fourth-order valence-electron chi connectivity index (χ4n) is 3.83. The van der Waals surface area contributed by atoms with Crippen molar-refractivity contribution in [2.45, 2.75) is 53.9 Å². The Balaban J connectivity index is 0.00000225. The molecule has 0 bridgehead atoms. The second kappa shape index (κ2) is 12.1. The zero-order valence-electron chi connectivity index (χ0n) is 18.7. The van der Waals surface area contributed by atoms with Crippen molar-refractivity contribution in [3.63, 3.8) is 0 Å². The first-order valence-corrected chi connectivity index (χ1v) is 12.6. The van der Waals surface area contributed by atoms with Crippen LogP contribution in [0.3, 0.4) is 0 Å². The van der Waals surface area contributed by atoms with Gasteiger partial charge in [0.05, 0.1) is 0 Å². The molecule has 0 fully saturated rings. The molecule has 30 heavy (non-hydrogen) atoms. The van der Waals surface area contributed by atoms with Crippen LogP contribution in [0.5, 0.6) is 5.75 Å². The minimum Gasteiger partial charge on any atom is -0.147 e. The van der Waals surface area contributed by atoms with Gasteiger partial charge < -0.3 is 0 Å². The van der Waals surface area contributed by atoms with Gasteiger partial charge in [-0.1, -0.05) is 0 Å². The van der Waals surface area contributed by atoms with E-state index in [-0.39, 0.29) is 30.2 Å². The van der Waals surface area contributed by atoms with Crippen molar-refractivity contribution in [3.8, 4) is 16.9 Å². The molecule has 0 aromatic heterocycles. The van der Waals surface area contributed by atoms with Gasteiger partial charge in [-0.3, -0.25) is 0 Å². The summed E-state index contributed by atoms with van der Waals surface area (Å²) in [6.45, 7) is 11.5. The SMILES string of the molecule is CC[C](CC)=[Ti]([O]c1cccc(-c2ccccc2)c1)[C]1=C(C(C)(C)C)C=CC1.Cl.Cl. The molecule has 1 nitrogen and oxygen atoms in total. The zero-order chi connectivity index (χ0) is 20.1. The van der Waals surface area contributed by atoms with Crippen LogP contribution in [-0.4, -0.2) is 3.81 Å². The summed E-state index contributed by atoms with van der Waals surface area (Å²) in [7, 11) is 0. The van der Waals surface area contributed by atoms with Gasteiger partial charge in [0, 0.05) is 0 Å². The summed E-state index contributed by atoms with van der Waals surface area (Å²) in [6.07, 6.45) is 7.96. The molecule has 162 valence electrons. The van der Waals surface area contributed by atoms with Crippen molar-refractivity contribution in [1.29, 1.82) is 0 Å². The van der Waals surface area contributed by atoms with Crippen molar-refractivity contribution >= 4 is 28.6 Å². The molecule has 0 N–H and O–H groups in total. The number of rotatable bonds is 6. The van der Waals surface area contributed by atoms with Gasteiger partial charge in [0.25, 0.3) is 0 Å². The van der Waals surface area contributed by atoms with Gasteiger partial charge in [-0.2, -0.15) is 0 Å². The maximum Gasteiger partial charge on any atom is -0.147 e. The third-order valence-electron chi connectivity index (χ3n) is 5.35. The minimum atomic E-state index is -2.01. The van der Waals surface area contributed by atoms with Crippen LogP contribution in [0, 0.1) is 5.41 Å².